The number of halogens is 2. The molecule has 190 valence electrons. The third-order valence-corrected chi connectivity index (χ3v) is 9.20. The number of hydrogen-bond donors (Lipinski definition) is 2. The molecule has 1 saturated heterocycles. The summed E-state index contributed by atoms with van der Waals surface area (Å²) in [5, 5.41) is 15.1. The summed E-state index contributed by atoms with van der Waals surface area (Å²) >= 11 is 12.5. The number of nitrogens with zero attached hydrogens (tertiary/aromatic N) is 1. The first kappa shape index (κ1) is 26.6. The summed E-state index contributed by atoms with van der Waals surface area (Å²) in [7, 11) is -3.90. The molecular formula is C27H28Cl2N2O4S. The smallest absolute Gasteiger partial charge is 0.243 e. The van der Waals surface area contributed by atoms with E-state index in [1.807, 2.05) is 37.3 Å². The van der Waals surface area contributed by atoms with Gasteiger partial charge in [0.25, 0.3) is 0 Å². The number of rotatable bonds is 6. The molecule has 1 heterocycles. The fourth-order valence-corrected chi connectivity index (χ4v) is 6.71. The number of β-amino-alcohol motifs (C(OH)–C–C–N with tert-alkyl or cyclic N) is 1. The Morgan fingerprint density at radius 1 is 1.00 bits per heavy atom. The van der Waals surface area contributed by atoms with Gasteiger partial charge in [0.1, 0.15) is 0 Å². The molecular weight excluding hydrogens is 519 g/mol. The quantitative estimate of drug-likeness (QED) is 0.458. The van der Waals surface area contributed by atoms with Crippen LogP contribution in [-0.4, -0.2) is 42.9 Å². The monoisotopic (exact) mass is 546 g/mol. The van der Waals surface area contributed by atoms with Crippen LogP contribution in [0.3, 0.4) is 0 Å². The van der Waals surface area contributed by atoms with Crippen LogP contribution in [0.25, 0.3) is 0 Å². The molecule has 0 spiro atoms. The van der Waals surface area contributed by atoms with Crippen LogP contribution in [-0.2, 0) is 14.8 Å². The van der Waals surface area contributed by atoms with Crippen molar-refractivity contribution < 1.29 is 18.3 Å². The first-order valence-electron chi connectivity index (χ1n) is 11.6. The predicted octanol–water partition coefficient (Wildman–Crippen LogP) is 4.94. The number of hydrogen-bond acceptors (Lipinski definition) is 4. The number of sulfonamides is 1. The van der Waals surface area contributed by atoms with Crippen molar-refractivity contribution in [3.8, 4) is 0 Å². The second-order valence-electron chi connectivity index (χ2n) is 9.15. The Labute approximate surface area is 221 Å². The Balaban J connectivity index is 1.81. The summed E-state index contributed by atoms with van der Waals surface area (Å²) in [6.07, 6.45) is -1.05. The molecule has 2 N–H and O–H groups in total. The van der Waals surface area contributed by atoms with Gasteiger partial charge < -0.3 is 10.4 Å². The molecule has 6 nitrogen and oxygen atoms in total. The third-order valence-electron chi connectivity index (χ3n) is 6.61. The highest BCUT2D eigenvalue weighted by Gasteiger charge is 2.45. The van der Waals surface area contributed by atoms with Gasteiger partial charge in [0.2, 0.25) is 15.9 Å². The van der Waals surface area contributed by atoms with Crippen molar-refractivity contribution in [3.63, 3.8) is 0 Å². The zero-order chi connectivity index (χ0) is 26.0. The van der Waals surface area contributed by atoms with E-state index in [-0.39, 0.29) is 23.9 Å². The molecule has 1 aliphatic rings. The van der Waals surface area contributed by atoms with E-state index in [0.29, 0.717) is 10.0 Å². The number of amides is 1. The zero-order valence-corrected chi connectivity index (χ0v) is 22.3. The van der Waals surface area contributed by atoms with Gasteiger partial charge in [0, 0.05) is 31.8 Å². The summed E-state index contributed by atoms with van der Waals surface area (Å²) in [4.78, 5) is 12.4. The molecule has 1 fully saturated rings. The van der Waals surface area contributed by atoms with Crippen LogP contribution >= 0.6 is 23.2 Å². The molecule has 1 unspecified atom stereocenters. The standard InChI is InChI=1S/C27H28Cl2N2O4S/c1-17-8-11-21(12-9-17)36(34,35)31-15-22(27(30-18(2)32)19-6-4-3-5-7-19)26(25(33)16-31)20-10-13-23(28)24(29)14-20/h3-14,22,25-27,33H,15-16H2,1-2H3,(H,30,32)/t22?,25-,26-,27+/m0/s1. The van der Waals surface area contributed by atoms with E-state index in [4.69, 9.17) is 23.2 Å². The minimum atomic E-state index is -3.90. The van der Waals surface area contributed by atoms with Crippen molar-refractivity contribution >= 4 is 39.1 Å². The highest BCUT2D eigenvalue weighted by atomic mass is 35.5. The summed E-state index contributed by atoms with van der Waals surface area (Å²) in [6.45, 7) is 3.29. The predicted molar refractivity (Wildman–Crippen MR) is 142 cm³/mol. The van der Waals surface area contributed by atoms with Gasteiger partial charge in [-0.1, -0.05) is 77.3 Å². The SMILES string of the molecule is CC(=O)N[C@H](c1ccccc1)C1CN(S(=O)(=O)c2ccc(C)cc2)C[C@H](O)[C@H]1c1ccc(Cl)c(Cl)c1. The minimum Gasteiger partial charge on any atom is -0.391 e. The normalized spacial score (nSPS) is 21.6. The minimum absolute atomic E-state index is 0.0814. The maximum atomic E-state index is 13.6. The van der Waals surface area contributed by atoms with Gasteiger partial charge in [0.05, 0.1) is 27.1 Å². The van der Waals surface area contributed by atoms with Crippen LogP contribution in [0.5, 0.6) is 0 Å². The first-order chi connectivity index (χ1) is 17.1. The molecule has 0 aromatic heterocycles. The molecule has 4 rings (SSSR count). The number of nitrogens with one attached hydrogen (secondary N) is 1. The molecule has 9 heteroatoms. The number of carbonyl (C=O) groups excluding carboxylic acids is 1. The van der Waals surface area contributed by atoms with Crippen LogP contribution in [0.15, 0.2) is 77.7 Å². The highest BCUT2D eigenvalue weighted by Crippen LogP contribution is 2.43. The van der Waals surface area contributed by atoms with Gasteiger partial charge in [-0.05, 0) is 42.3 Å². The van der Waals surface area contributed by atoms with Crippen molar-refractivity contribution in [2.24, 2.45) is 5.92 Å². The van der Waals surface area contributed by atoms with Crippen molar-refractivity contribution in [2.45, 2.75) is 36.8 Å². The van der Waals surface area contributed by atoms with Gasteiger partial charge in [0.15, 0.2) is 0 Å². The highest BCUT2D eigenvalue weighted by molar-refractivity contribution is 7.89. The summed E-state index contributed by atoms with van der Waals surface area (Å²) < 4.78 is 28.5. The molecule has 1 aliphatic heterocycles. The Bertz CT molecular complexity index is 1330. The van der Waals surface area contributed by atoms with E-state index < -0.39 is 34.0 Å². The Morgan fingerprint density at radius 2 is 1.67 bits per heavy atom. The number of benzene rings is 3. The lowest BCUT2D eigenvalue weighted by molar-refractivity contribution is -0.120. The van der Waals surface area contributed by atoms with Crippen LogP contribution in [0, 0.1) is 12.8 Å². The lowest BCUT2D eigenvalue weighted by Crippen LogP contribution is -2.53. The fourth-order valence-electron chi connectivity index (χ4n) is 4.91. The average Bonchev–Trinajstić information content (AvgIpc) is 2.84. The van der Waals surface area contributed by atoms with Crippen molar-refractivity contribution in [1.29, 1.82) is 0 Å². The lowest BCUT2D eigenvalue weighted by atomic mass is 9.74. The van der Waals surface area contributed by atoms with Crippen LogP contribution in [0.4, 0.5) is 0 Å². The van der Waals surface area contributed by atoms with E-state index >= 15 is 0 Å². The first-order valence-corrected chi connectivity index (χ1v) is 13.8. The second kappa shape index (κ2) is 10.9. The third kappa shape index (κ3) is 5.61. The average molecular weight is 548 g/mol. The zero-order valence-electron chi connectivity index (χ0n) is 19.9. The van der Waals surface area contributed by atoms with Crippen LogP contribution < -0.4 is 5.32 Å². The molecule has 3 aromatic carbocycles. The lowest BCUT2D eigenvalue weighted by Gasteiger charge is -2.45. The molecule has 0 saturated carbocycles. The largest absolute Gasteiger partial charge is 0.391 e. The van der Waals surface area contributed by atoms with E-state index in [9.17, 15) is 18.3 Å². The van der Waals surface area contributed by atoms with Gasteiger partial charge in [-0.25, -0.2) is 8.42 Å². The summed E-state index contributed by atoms with van der Waals surface area (Å²) in [5.74, 6) is -1.27. The van der Waals surface area contributed by atoms with E-state index in [1.54, 1.807) is 42.5 Å². The topological polar surface area (TPSA) is 86.7 Å². The van der Waals surface area contributed by atoms with Crippen molar-refractivity contribution in [1.82, 2.24) is 9.62 Å². The fraction of sp³-hybridized carbons (Fsp3) is 0.296. The number of carbonyl (C=O) groups is 1. The number of aryl methyl sites for hydroxylation is 1. The molecule has 0 aliphatic carbocycles. The van der Waals surface area contributed by atoms with Crippen LogP contribution in [0.2, 0.25) is 10.0 Å². The molecule has 36 heavy (non-hydrogen) atoms. The van der Waals surface area contributed by atoms with Gasteiger partial charge in [-0.3, -0.25) is 4.79 Å². The van der Waals surface area contributed by atoms with Crippen molar-refractivity contribution in [2.75, 3.05) is 13.1 Å². The Morgan fingerprint density at radius 3 is 2.28 bits per heavy atom. The summed E-state index contributed by atoms with van der Waals surface area (Å²) in [6, 6.07) is 20.6. The molecule has 3 aromatic rings. The molecule has 0 radical (unpaired) electrons. The van der Waals surface area contributed by atoms with Gasteiger partial charge >= 0.3 is 0 Å². The summed E-state index contributed by atoms with van der Waals surface area (Å²) in [5.41, 5.74) is 2.48. The molecule has 1 amide bonds. The number of piperidine rings is 1. The van der Waals surface area contributed by atoms with E-state index in [1.165, 1.54) is 11.2 Å². The second-order valence-corrected chi connectivity index (χ2v) is 11.9. The van der Waals surface area contributed by atoms with Gasteiger partial charge in [-0.15, -0.1) is 0 Å². The van der Waals surface area contributed by atoms with Crippen LogP contribution in [0.1, 0.15) is 35.6 Å². The van der Waals surface area contributed by atoms with Gasteiger partial charge in [-0.2, -0.15) is 4.31 Å². The number of aliphatic hydroxyl groups is 1. The van der Waals surface area contributed by atoms with E-state index in [2.05, 4.69) is 5.32 Å². The number of aliphatic hydroxyl groups excluding tert-OH is 1. The maximum absolute atomic E-state index is 13.6. The van der Waals surface area contributed by atoms with E-state index in [0.717, 1.165) is 16.7 Å². The molecule has 0 bridgehead atoms. The maximum Gasteiger partial charge on any atom is 0.243 e. The van der Waals surface area contributed by atoms with Crippen molar-refractivity contribution in [3.05, 3.63) is 99.5 Å². The Hall–Kier alpha value is -2.42. The Kier molecular flexibility index (Phi) is 8.07. The molecule has 4 atom stereocenters.